The molecule has 1 nitrogen and oxygen atoms in total. The van der Waals surface area contributed by atoms with Crippen molar-refractivity contribution in [2.75, 3.05) is 0 Å². The highest BCUT2D eigenvalue weighted by Crippen LogP contribution is 2.35. The molecule has 0 saturated heterocycles. The zero-order chi connectivity index (χ0) is 12.7. The van der Waals surface area contributed by atoms with Gasteiger partial charge in [-0.15, -0.1) is 11.8 Å². The Hall–Kier alpha value is -1.02. The Labute approximate surface area is 108 Å². The lowest BCUT2D eigenvalue weighted by Crippen LogP contribution is -2.07. The molecule has 92 valence electrons. The standard InChI is InChI=1S/C15H20OS/c1-4-9-12(3)17-15(14(16)5-2)13-10-7-6-8-11-13/h6-11,15H,4-5H2,1-3H3/b12-9+. The van der Waals surface area contributed by atoms with E-state index in [4.69, 9.17) is 0 Å². The zero-order valence-corrected chi connectivity index (χ0v) is 11.6. The molecule has 0 radical (unpaired) electrons. The highest BCUT2D eigenvalue weighted by atomic mass is 32.2. The summed E-state index contributed by atoms with van der Waals surface area (Å²) in [5.74, 6) is 0.296. The van der Waals surface area contributed by atoms with Crippen molar-refractivity contribution in [3.63, 3.8) is 0 Å². The van der Waals surface area contributed by atoms with E-state index in [1.54, 1.807) is 11.8 Å². The van der Waals surface area contributed by atoms with Crippen LogP contribution in [0.15, 0.2) is 41.3 Å². The summed E-state index contributed by atoms with van der Waals surface area (Å²) in [7, 11) is 0. The number of thioether (sulfide) groups is 1. The Morgan fingerprint density at radius 3 is 2.47 bits per heavy atom. The molecular formula is C15H20OS. The first-order valence-electron chi connectivity index (χ1n) is 6.10. The molecule has 0 saturated carbocycles. The van der Waals surface area contributed by atoms with Gasteiger partial charge >= 0.3 is 0 Å². The van der Waals surface area contributed by atoms with Crippen LogP contribution in [0.5, 0.6) is 0 Å². The Balaban J connectivity index is 2.89. The van der Waals surface area contributed by atoms with Gasteiger partial charge in [0.2, 0.25) is 0 Å². The van der Waals surface area contributed by atoms with Crippen molar-refractivity contribution in [2.24, 2.45) is 0 Å². The molecule has 17 heavy (non-hydrogen) atoms. The van der Waals surface area contributed by atoms with E-state index in [1.165, 1.54) is 4.91 Å². The van der Waals surface area contributed by atoms with E-state index in [2.05, 4.69) is 19.9 Å². The Morgan fingerprint density at radius 2 is 1.94 bits per heavy atom. The fourth-order valence-corrected chi connectivity index (χ4v) is 2.88. The lowest BCUT2D eigenvalue weighted by Gasteiger charge is -2.15. The van der Waals surface area contributed by atoms with Crippen molar-refractivity contribution < 1.29 is 4.79 Å². The van der Waals surface area contributed by atoms with Crippen LogP contribution in [0.1, 0.15) is 44.4 Å². The van der Waals surface area contributed by atoms with Crippen molar-refractivity contribution in [3.05, 3.63) is 46.9 Å². The highest BCUT2D eigenvalue weighted by molar-refractivity contribution is 8.03. The first kappa shape index (κ1) is 14.0. The van der Waals surface area contributed by atoms with Gasteiger partial charge in [-0.1, -0.05) is 50.3 Å². The van der Waals surface area contributed by atoms with Crippen molar-refractivity contribution in [1.29, 1.82) is 0 Å². The van der Waals surface area contributed by atoms with Crippen LogP contribution in [0.4, 0.5) is 0 Å². The van der Waals surface area contributed by atoms with Gasteiger partial charge in [0.25, 0.3) is 0 Å². The molecule has 1 atom stereocenters. The minimum Gasteiger partial charge on any atom is -0.298 e. The number of carbonyl (C=O) groups is 1. The normalized spacial score (nSPS) is 13.5. The van der Waals surface area contributed by atoms with E-state index >= 15 is 0 Å². The van der Waals surface area contributed by atoms with Crippen LogP contribution in [0.2, 0.25) is 0 Å². The Kier molecular flexibility index (Phi) is 6.06. The summed E-state index contributed by atoms with van der Waals surface area (Å²) < 4.78 is 0. The number of Topliss-reactive ketones (excluding diaryl/α,β-unsaturated/α-hetero) is 1. The molecule has 0 N–H and O–H groups in total. The molecule has 1 aromatic rings. The zero-order valence-electron chi connectivity index (χ0n) is 10.8. The van der Waals surface area contributed by atoms with Gasteiger partial charge in [-0.25, -0.2) is 0 Å². The second-order valence-electron chi connectivity index (χ2n) is 3.95. The third-order valence-corrected chi connectivity index (χ3v) is 3.85. The van der Waals surface area contributed by atoms with Gasteiger partial charge in [0.1, 0.15) is 5.78 Å². The maximum atomic E-state index is 12.0. The largest absolute Gasteiger partial charge is 0.298 e. The second-order valence-corrected chi connectivity index (χ2v) is 5.30. The predicted octanol–water partition coefficient (Wildman–Crippen LogP) is 4.75. The van der Waals surface area contributed by atoms with E-state index in [9.17, 15) is 4.79 Å². The maximum absolute atomic E-state index is 12.0. The molecule has 1 rings (SSSR count). The lowest BCUT2D eigenvalue weighted by atomic mass is 10.1. The minimum atomic E-state index is -0.0519. The molecule has 0 fully saturated rings. The Morgan fingerprint density at radius 1 is 1.29 bits per heavy atom. The van der Waals surface area contributed by atoms with Gasteiger partial charge in [-0.05, 0) is 23.8 Å². The minimum absolute atomic E-state index is 0.0519. The highest BCUT2D eigenvalue weighted by Gasteiger charge is 2.19. The van der Waals surface area contributed by atoms with Gasteiger partial charge in [0, 0.05) is 6.42 Å². The van der Waals surface area contributed by atoms with E-state index in [0.717, 1.165) is 12.0 Å². The number of rotatable bonds is 6. The smallest absolute Gasteiger partial charge is 0.150 e. The van der Waals surface area contributed by atoms with E-state index in [-0.39, 0.29) is 5.25 Å². The maximum Gasteiger partial charge on any atom is 0.150 e. The average Bonchev–Trinajstić information content (AvgIpc) is 2.36. The molecular weight excluding hydrogens is 228 g/mol. The fourth-order valence-electron chi connectivity index (χ4n) is 1.65. The molecule has 0 heterocycles. The van der Waals surface area contributed by atoms with Gasteiger partial charge in [0.15, 0.2) is 0 Å². The van der Waals surface area contributed by atoms with Gasteiger partial charge in [0.05, 0.1) is 5.25 Å². The third-order valence-electron chi connectivity index (χ3n) is 2.54. The molecule has 1 aromatic carbocycles. The van der Waals surface area contributed by atoms with Crippen LogP contribution < -0.4 is 0 Å². The molecule has 0 aliphatic rings. The van der Waals surface area contributed by atoms with Crippen molar-refractivity contribution >= 4 is 17.5 Å². The first-order chi connectivity index (χ1) is 8.19. The first-order valence-corrected chi connectivity index (χ1v) is 6.98. The quantitative estimate of drug-likeness (QED) is 0.722. The molecule has 0 aromatic heterocycles. The molecule has 0 bridgehead atoms. The third kappa shape index (κ3) is 4.39. The topological polar surface area (TPSA) is 17.1 Å². The number of hydrogen-bond acceptors (Lipinski definition) is 2. The van der Waals surface area contributed by atoms with E-state index < -0.39 is 0 Å². The van der Waals surface area contributed by atoms with E-state index in [0.29, 0.717) is 12.2 Å². The molecule has 0 amide bonds. The van der Waals surface area contributed by atoms with Crippen LogP contribution in [-0.4, -0.2) is 5.78 Å². The summed E-state index contributed by atoms with van der Waals surface area (Å²) >= 11 is 1.67. The van der Waals surface area contributed by atoms with Gasteiger partial charge in [-0.2, -0.15) is 0 Å². The van der Waals surface area contributed by atoms with Crippen molar-refractivity contribution in [1.82, 2.24) is 0 Å². The van der Waals surface area contributed by atoms with Crippen LogP contribution in [-0.2, 0) is 4.79 Å². The van der Waals surface area contributed by atoms with Crippen molar-refractivity contribution in [2.45, 2.75) is 38.9 Å². The Bertz CT molecular complexity index is 381. The van der Waals surface area contributed by atoms with Gasteiger partial charge in [-0.3, -0.25) is 4.79 Å². The summed E-state index contributed by atoms with van der Waals surface area (Å²) in [6.07, 6.45) is 3.77. The van der Waals surface area contributed by atoms with E-state index in [1.807, 2.05) is 37.3 Å². The SMILES string of the molecule is CC/C=C(\C)SC(C(=O)CC)c1ccccc1. The van der Waals surface area contributed by atoms with Crippen LogP contribution in [0.3, 0.4) is 0 Å². The molecule has 0 spiro atoms. The average molecular weight is 248 g/mol. The molecule has 0 aliphatic carbocycles. The number of ketones is 1. The summed E-state index contributed by atoms with van der Waals surface area (Å²) in [5.41, 5.74) is 1.10. The second kappa shape index (κ2) is 7.33. The molecule has 1 unspecified atom stereocenters. The lowest BCUT2D eigenvalue weighted by molar-refractivity contribution is -0.118. The van der Waals surface area contributed by atoms with Crippen LogP contribution >= 0.6 is 11.8 Å². The summed E-state index contributed by atoms with van der Waals surface area (Å²) in [6.45, 7) is 6.12. The summed E-state index contributed by atoms with van der Waals surface area (Å²) in [5, 5.41) is -0.0519. The monoisotopic (exact) mass is 248 g/mol. The fraction of sp³-hybridized carbons (Fsp3) is 0.400. The van der Waals surface area contributed by atoms with Crippen LogP contribution in [0, 0.1) is 0 Å². The summed E-state index contributed by atoms with van der Waals surface area (Å²) in [6, 6.07) is 10.0. The number of hydrogen-bond donors (Lipinski definition) is 0. The summed E-state index contributed by atoms with van der Waals surface area (Å²) in [4.78, 5) is 13.2. The van der Waals surface area contributed by atoms with Crippen molar-refractivity contribution in [3.8, 4) is 0 Å². The number of allylic oxidation sites excluding steroid dienone is 2. The molecule has 2 heteroatoms. The number of benzene rings is 1. The van der Waals surface area contributed by atoms with Crippen LogP contribution in [0.25, 0.3) is 0 Å². The van der Waals surface area contributed by atoms with Gasteiger partial charge < -0.3 is 0 Å². The molecule has 0 aliphatic heterocycles. The predicted molar refractivity (Wildman–Crippen MR) is 76.1 cm³/mol. The number of carbonyl (C=O) groups excluding carboxylic acids is 1.